The number of hydrogen-bond acceptors (Lipinski definition) is 4. The molecule has 0 aromatic rings. The Balaban J connectivity index is 2.02. The molecule has 21 heavy (non-hydrogen) atoms. The molecule has 0 aromatic carbocycles. The van der Waals surface area contributed by atoms with E-state index in [1.165, 1.54) is 0 Å². The van der Waals surface area contributed by atoms with Crippen LogP contribution in [0.25, 0.3) is 0 Å². The van der Waals surface area contributed by atoms with Crippen LogP contribution in [0.3, 0.4) is 0 Å². The Bertz CT molecular complexity index is 344. The molecule has 4 nitrogen and oxygen atoms in total. The van der Waals surface area contributed by atoms with Crippen LogP contribution in [0.1, 0.15) is 52.9 Å². The Labute approximate surface area is 131 Å². The number of nitrogens with one attached hydrogen (secondary N) is 1. The molecule has 0 bridgehead atoms. The largest absolute Gasteiger partial charge is 0.347 e. The monoisotopic (exact) mass is 317 g/mol. The zero-order chi connectivity index (χ0) is 15.3. The van der Waals surface area contributed by atoms with Crippen LogP contribution in [0.5, 0.6) is 0 Å². The molecule has 0 amide bonds. The number of hydrogen-bond donors (Lipinski definition) is 1. The van der Waals surface area contributed by atoms with Crippen LogP contribution >= 0.6 is 0 Å². The van der Waals surface area contributed by atoms with E-state index in [9.17, 15) is 4.21 Å². The van der Waals surface area contributed by atoms with Gasteiger partial charge in [0.2, 0.25) is 0 Å². The van der Waals surface area contributed by atoms with Crippen molar-refractivity contribution in [2.75, 3.05) is 25.5 Å². The van der Waals surface area contributed by atoms with Gasteiger partial charge in [-0.05, 0) is 25.3 Å². The minimum atomic E-state index is -0.815. The van der Waals surface area contributed by atoms with Gasteiger partial charge in [0, 0.05) is 35.4 Å². The molecule has 1 heterocycles. The predicted octanol–water partition coefficient (Wildman–Crippen LogP) is 2.45. The van der Waals surface area contributed by atoms with Gasteiger partial charge in [-0.25, -0.2) is 0 Å². The van der Waals surface area contributed by atoms with Gasteiger partial charge >= 0.3 is 0 Å². The minimum Gasteiger partial charge on any atom is -0.347 e. The first-order valence-corrected chi connectivity index (χ1v) is 9.87. The summed E-state index contributed by atoms with van der Waals surface area (Å²) in [7, 11) is -0.815. The fraction of sp³-hybridized carbons (Fsp3) is 1.00. The smallest absolute Gasteiger partial charge is 0.169 e. The quantitative estimate of drug-likeness (QED) is 0.783. The lowest BCUT2D eigenvalue weighted by Gasteiger charge is -2.41. The van der Waals surface area contributed by atoms with Gasteiger partial charge in [-0.3, -0.25) is 4.21 Å². The summed E-state index contributed by atoms with van der Waals surface area (Å²) < 4.78 is 24.6. The standard InChI is InChI=1S/C16H31NO3S/c1-4-8-17-14-6-7-16(19-9-10-20-16)11-15(14)21(18)12-13(3)5-2/h13-15,17H,4-12H2,1-3H3. The van der Waals surface area contributed by atoms with Crippen molar-refractivity contribution in [1.29, 1.82) is 0 Å². The Morgan fingerprint density at radius 2 is 2.05 bits per heavy atom. The molecule has 1 spiro atoms. The van der Waals surface area contributed by atoms with E-state index in [0.29, 0.717) is 25.2 Å². The van der Waals surface area contributed by atoms with Crippen LogP contribution in [0.2, 0.25) is 0 Å². The summed E-state index contributed by atoms with van der Waals surface area (Å²) in [4.78, 5) is 0. The summed E-state index contributed by atoms with van der Waals surface area (Å²) in [6.45, 7) is 8.88. The van der Waals surface area contributed by atoms with E-state index >= 15 is 0 Å². The highest BCUT2D eigenvalue weighted by molar-refractivity contribution is 7.85. The van der Waals surface area contributed by atoms with E-state index in [1.807, 2.05) is 0 Å². The van der Waals surface area contributed by atoms with Crippen LogP contribution in [0, 0.1) is 5.92 Å². The maximum Gasteiger partial charge on any atom is 0.169 e. The first-order valence-electron chi connectivity index (χ1n) is 8.48. The second-order valence-electron chi connectivity index (χ2n) is 6.51. The van der Waals surface area contributed by atoms with Crippen molar-refractivity contribution in [3.63, 3.8) is 0 Å². The van der Waals surface area contributed by atoms with Crippen molar-refractivity contribution >= 4 is 10.8 Å². The van der Waals surface area contributed by atoms with Gasteiger partial charge in [0.05, 0.1) is 18.5 Å². The van der Waals surface area contributed by atoms with E-state index in [1.54, 1.807) is 0 Å². The van der Waals surface area contributed by atoms with Crippen molar-refractivity contribution in [2.45, 2.75) is 70.0 Å². The van der Waals surface area contributed by atoms with Gasteiger partial charge in [-0.2, -0.15) is 0 Å². The molecule has 4 unspecified atom stereocenters. The van der Waals surface area contributed by atoms with Gasteiger partial charge < -0.3 is 14.8 Å². The topological polar surface area (TPSA) is 47.6 Å². The third-order valence-corrected chi connectivity index (χ3v) is 6.82. The van der Waals surface area contributed by atoms with Gasteiger partial charge in [0.25, 0.3) is 0 Å². The van der Waals surface area contributed by atoms with Gasteiger partial charge in [-0.1, -0.05) is 27.2 Å². The highest BCUT2D eigenvalue weighted by Crippen LogP contribution is 2.38. The maximum atomic E-state index is 12.8. The molecule has 0 radical (unpaired) electrons. The molecule has 1 N–H and O–H groups in total. The van der Waals surface area contributed by atoms with Gasteiger partial charge in [0.15, 0.2) is 5.79 Å². The van der Waals surface area contributed by atoms with Crippen LogP contribution in [0.4, 0.5) is 0 Å². The second-order valence-corrected chi connectivity index (χ2v) is 8.21. The lowest BCUT2D eigenvalue weighted by molar-refractivity contribution is -0.178. The summed E-state index contributed by atoms with van der Waals surface area (Å²) in [5.41, 5.74) is 0. The molecule has 4 atom stereocenters. The second kappa shape index (κ2) is 8.04. The predicted molar refractivity (Wildman–Crippen MR) is 86.8 cm³/mol. The minimum absolute atomic E-state index is 0.150. The zero-order valence-corrected chi connectivity index (χ0v) is 14.5. The molecule has 2 aliphatic rings. The molecule has 1 aliphatic heterocycles. The lowest BCUT2D eigenvalue weighted by atomic mass is 9.89. The fourth-order valence-electron chi connectivity index (χ4n) is 3.23. The molecule has 0 aromatic heterocycles. The van der Waals surface area contributed by atoms with Crippen molar-refractivity contribution in [3.8, 4) is 0 Å². The summed E-state index contributed by atoms with van der Waals surface area (Å²) in [5.74, 6) is 0.864. The Hall–Kier alpha value is 0.0300. The molecule has 1 saturated carbocycles. The van der Waals surface area contributed by atoms with Crippen LogP contribution in [-0.2, 0) is 20.3 Å². The van der Waals surface area contributed by atoms with Gasteiger partial charge in [0.1, 0.15) is 0 Å². The highest BCUT2D eigenvalue weighted by atomic mass is 32.2. The molecule has 2 fully saturated rings. The van der Waals surface area contributed by atoms with E-state index in [4.69, 9.17) is 9.47 Å². The zero-order valence-electron chi connectivity index (χ0n) is 13.7. The molecular weight excluding hydrogens is 286 g/mol. The molecule has 1 saturated heterocycles. The van der Waals surface area contributed by atoms with Crippen LogP contribution in [0.15, 0.2) is 0 Å². The van der Waals surface area contributed by atoms with E-state index in [-0.39, 0.29) is 5.25 Å². The highest BCUT2D eigenvalue weighted by Gasteiger charge is 2.46. The molecule has 5 heteroatoms. The summed E-state index contributed by atoms with van der Waals surface area (Å²) in [5, 5.41) is 3.75. The van der Waals surface area contributed by atoms with Gasteiger partial charge in [-0.15, -0.1) is 0 Å². The third-order valence-electron chi connectivity index (χ3n) is 4.75. The first kappa shape index (κ1) is 17.4. The summed E-state index contributed by atoms with van der Waals surface area (Å²) >= 11 is 0. The summed E-state index contributed by atoms with van der Waals surface area (Å²) in [6.07, 6.45) is 4.89. The molecular formula is C16H31NO3S. The van der Waals surface area contributed by atoms with E-state index < -0.39 is 16.6 Å². The SMILES string of the molecule is CCCNC1CCC2(CC1S(=O)CC(C)CC)OCCO2. The lowest BCUT2D eigenvalue weighted by Crippen LogP contribution is -2.53. The van der Waals surface area contributed by atoms with Crippen molar-refractivity contribution < 1.29 is 13.7 Å². The van der Waals surface area contributed by atoms with E-state index in [0.717, 1.165) is 44.4 Å². The van der Waals surface area contributed by atoms with Crippen molar-refractivity contribution in [2.24, 2.45) is 5.92 Å². The Morgan fingerprint density at radius 1 is 1.33 bits per heavy atom. The van der Waals surface area contributed by atoms with E-state index in [2.05, 4.69) is 26.1 Å². The van der Waals surface area contributed by atoms with Crippen LogP contribution < -0.4 is 5.32 Å². The fourth-order valence-corrected chi connectivity index (χ4v) is 5.31. The average molecular weight is 317 g/mol. The normalized spacial score (nSPS) is 31.4. The van der Waals surface area contributed by atoms with Crippen molar-refractivity contribution in [1.82, 2.24) is 5.32 Å². The first-order chi connectivity index (χ1) is 10.1. The van der Waals surface area contributed by atoms with Crippen molar-refractivity contribution in [3.05, 3.63) is 0 Å². The Kier molecular flexibility index (Phi) is 6.66. The average Bonchev–Trinajstić information content (AvgIpc) is 2.94. The number of ether oxygens (including phenoxy) is 2. The molecule has 124 valence electrons. The third kappa shape index (κ3) is 4.50. The summed E-state index contributed by atoms with van der Waals surface area (Å²) in [6, 6.07) is 0.341. The van der Waals surface area contributed by atoms with Crippen LogP contribution in [-0.4, -0.2) is 46.8 Å². The molecule has 2 rings (SSSR count). The number of rotatable bonds is 7. The maximum absolute atomic E-state index is 12.8. The molecule has 1 aliphatic carbocycles. The Morgan fingerprint density at radius 3 is 2.67 bits per heavy atom.